The van der Waals surface area contributed by atoms with Crippen LogP contribution in [-0.4, -0.2) is 28.2 Å². The van der Waals surface area contributed by atoms with Crippen LogP contribution in [0.4, 0.5) is 0 Å². The number of aromatic hydroxyl groups is 2. The summed E-state index contributed by atoms with van der Waals surface area (Å²) in [7, 11) is 0. The number of hydrogen-bond donors (Lipinski definition) is 4. The van der Waals surface area contributed by atoms with Gasteiger partial charge in [0, 0.05) is 12.1 Å². The number of phenols is 2. The predicted octanol–water partition coefficient (Wildman–Crippen LogP) is 1.10. The summed E-state index contributed by atoms with van der Waals surface area (Å²) in [4.78, 5) is 12.0. The van der Waals surface area contributed by atoms with Crippen LogP contribution in [0.25, 0.3) is 0 Å². The first-order valence-electron chi connectivity index (χ1n) is 6.15. The van der Waals surface area contributed by atoms with Crippen LogP contribution < -0.4 is 11.1 Å². The number of rotatable bonds is 2. The topological polar surface area (TPSA) is 95.6 Å². The molecule has 5 N–H and O–H groups in total. The molecule has 1 aromatic carbocycles. The average molecular weight is 250 g/mol. The molecular weight excluding hydrogens is 232 g/mol. The first-order valence-corrected chi connectivity index (χ1v) is 6.15. The normalized spacial score (nSPS) is 23.6. The van der Waals surface area contributed by atoms with Crippen LogP contribution in [0.15, 0.2) is 18.2 Å². The third-order valence-electron chi connectivity index (χ3n) is 3.37. The van der Waals surface area contributed by atoms with E-state index in [1.807, 2.05) is 0 Å². The molecule has 0 unspecified atom stereocenters. The molecule has 1 aromatic rings. The third kappa shape index (κ3) is 2.73. The highest BCUT2D eigenvalue weighted by Crippen LogP contribution is 2.28. The van der Waals surface area contributed by atoms with Crippen LogP contribution in [-0.2, 0) is 0 Å². The quantitative estimate of drug-likeness (QED) is 0.591. The highest BCUT2D eigenvalue weighted by atomic mass is 16.3. The van der Waals surface area contributed by atoms with E-state index in [9.17, 15) is 15.0 Å². The van der Waals surface area contributed by atoms with Crippen LogP contribution in [0.3, 0.4) is 0 Å². The van der Waals surface area contributed by atoms with E-state index in [0.717, 1.165) is 25.7 Å². The Labute approximate surface area is 106 Å². The van der Waals surface area contributed by atoms with Gasteiger partial charge in [-0.15, -0.1) is 0 Å². The molecule has 0 bridgehead atoms. The average Bonchev–Trinajstić information content (AvgIpc) is 2.35. The Hall–Kier alpha value is -1.75. The Kier molecular flexibility index (Phi) is 3.72. The second kappa shape index (κ2) is 5.27. The van der Waals surface area contributed by atoms with E-state index in [2.05, 4.69) is 5.32 Å². The van der Waals surface area contributed by atoms with Crippen molar-refractivity contribution < 1.29 is 15.0 Å². The highest BCUT2D eigenvalue weighted by molar-refractivity contribution is 5.97. The highest BCUT2D eigenvalue weighted by Gasteiger charge is 2.22. The second-order valence-electron chi connectivity index (χ2n) is 4.76. The van der Waals surface area contributed by atoms with Gasteiger partial charge in [0.1, 0.15) is 0 Å². The lowest BCUT2D eigenvalue weighted by Crippen LogP contribution is -2.40. The van der Waals surface area contributed by atoms with Crippen molar-refractivity contribution in [1.82, 2.24) is 5.32 Å². The number of carbonyl (C=O) groups excluding carboxylic acids is 1. The molecule has 0 aliphatic heterocycles. The van der Waals surface area contributed by atoms with Crippen LogP contribution in [0.2, 0.25) is 0 Å². The molecule has 1 saturated carbocycles. The lowest BCUT2D eigenvalue weighted by molar-refractivity contribution is 0.0922. The molecule has 0 heterocycles. The molecule has 1 fully saturated rings. The summed E-state index contributed by atoms with van der Waals surface area (Å²) < 4.78 is 0. The van der Waals surface area contributed by atoms with Crippen molar-refractivity contribution in [3.63, 3.8) is 0 Å². The number of para-hydroxylation sites is 1. The molecule has 5 heteroatoms. The zero-order valence-corrected chi connectivity index (χ0v) is 10.1. The Balaban J connectivity index is 2.01. The van der Waals surface area contributed by atoms with Gasteiger partial charge < -0.3 is 21.3 Å². The van der Waals surface area contributed by atoms with Gasteiger partial charge in [0.25, 0.3) is 5.91 Å². The number of amides is 1. The summed E-state index contributed by atoms with van der Waals surface area (Å²) >= 11 is 0. The molecule has 1 aliphatic carbocycles. The summed E-state index contributed by atoms with van der Waals surface area (Å²) in [6, 6.07) is 4.68. The fourth-order valence-corrected chi connectivity index (χ4v) is 2.24. The lowest BCUT2D eigenvalue weighted by Gasteiger charge is -2.26. The summed E-state index contributed by atoms with van der Waals surface area (Å²) in [6.45, 7) is 0. The zero-order valence-electron chi connectivity index (χ0n) is 10.1. The maximum atomic E-state index is 12.0. The van der Waals surface area contributed by atoms with E-state index in [-0.39, 0.29) is 35.1 Å². The fourth-order valence-electron chi connectivity index (χ4n) is 2.24. The smallest absolute Gasteiger partial charge is 0.255 e. The third-order valence-corrected chi connectivity index (χ3v) is 3.37. The minimum atomic E-state index is -0.373. The maximum absolute atomic E-state index is 12.0. The summed E-state index contributed by atoms with van der Waals surface area (Å²) in [5, 5.41) is 21.8. The molecule has 98 valence electrons. The van der Waals surface area contributed by atoms with Crippen LogP contribution in [0.1, 0.15) is 36.0 Å². The number of nitrogens with one attached hydrogen (secondary N) is 1. The molecular formula is C13H18N2O3. The van der Waals surface area contributed by atoms with Crippen LogP contribution >= 0.6 is 0 Å². The van der Waals surface area contributed by atoms with Gasteiger partial charge in [0.05, 0.1) is 5.56 Å². The molecule has 5 nitrogen and oxygen atoms in total. The monoisotopic (exact) mass is 250 g/mol. The number of benzene rings is 1. The summed E-state index contributed by atoms with van der Waals surface area (Å²) in [5.41, 5.74) is 5.90. The summed E-state index contributed by atoms with van der Waals surface area (Å²) in [5.74, 6) is -1.01. The lowest BCUT2D eigenvalue weighted by atomic mass is 9.91. The first kappa shape index (κ1) is 12.7. The fraction of sp³-hybridized carbons (Fsp3) is 0.462. The zero-order chi connectivity index (χ0) is 13.1. The van der Waals surface area contributed by atoms with Gasteiger partial charge in [-0.1, -0.05) is 6.07 Å². The molecule has 0 radical (unpaired) electrons. The molecule has 18 heavy (non-hydrogen) atoms. The van der Waals surface area contributed by atoms with E-state index in [1.54, 1.807) is 0 Å². The van der Waals surface area contributed by atoms with Gasteiger partial charge in [-0.25, -0.2) is 0 Å². The van der Waals surface area contributed by atoms with E-state index in [4.69, 9.17) is 5.73 Å². The second-order valence-corrected chi connectivity index (χ2v) is 4.76. The van der Waals surface area contributed by atoms with Crippen LogP contribution in [0, 0.1) is 0 Å². The van der Waals surface area contributed by atoms with Crippen molar-refractivity contribution >= 4 is 5.91 Å². The van der Waals surface area contributed by atoms with E-state index < -0.39 is 0 Å². The Morgan fingerprint density at radius 3 is 2.56 bits per heavy atom. The molecule has 0 atom stereocenters. The predicted molar refractivity (Wildman–Crippen MR) is 67.5 cm³/mol. The molecule has 0 aromatic heterocycles. The number of carbonyl (C=O) groups is 1. The number of phenolic OH excluding ortho intramolecular Hbond substituents is 2. The van der Waals surface area contributed by atoms with Crippen molar-refractivity contribution in [3.8, 4) is 11.5 Å². The largest absolute Gasteiger partial charge is 0.504 e. The van der Waals surface area contributed by atoms with Gasteiger partial charge in [-0.2, -0.15) is 0 Å². The van der Waals surface area contributed by atoms with Gasteiger partial charge in [-0.3, -0.25) is 4.79 Å². The van der Waals surface area contributed by atoms with Gasteiger partial charge in [-0.05, 0) is 37.8 Å². The molecule has 1 amide bonds. The summed E-state index contributed by atoms with van der Waals surface area (Å²) in [6.07, 6.45) is 3.51. The van der Waals surface area contributed by atoms with Crippen molar-refractivity contribution in [2.75, 3.05) is 0 Å². The van der Waals surface area contributed by atoms with Gasteiger partial charge in [0.15, 0.2) is 11.5 Å². The molecule has 1 aliphatic rings. The number of nitrogens with two attached hydrogens (primary N) is 1. The minimum Gasteiger partial charge on any atom is -0.504 e. The standard InChI is InChI=1S/C13H18N2O3/c14-8-4-6-9(7-5-8)15-13(18)10-2-1-3-11(16)12(10)17/h1-3,8-9,16-17H,4-7,14H2,(H,15,18). The molecule has 0 saturated heterocycles. The minimum absolute atomic E-state index is 0.0963. The van der Waals surface area contributed by atoms with E-state index >= 15 is 0 Å². The van der Waals surface area contributed by atoms with Gasteiger partial charge in [0.2, 0.25) is 0 Å². The van der Waals surface area contributed by atoms with Crippen molar-refractivity contribution in [2.24, 2.45) is 5.73 Å². The SMILES string of the molecule is NC1CCC(NC(=O)c2cccc(O)c2O)CC1. The Bertz CT molecular complexity index is 440. The molecule has 0 spiro atoms. The first-order chi connectivity index (χ1) is 8.58. The Morgan fingerprint density at radius 2 is 1.89 bits per heavy atom. The van der Waals surface area contributed by atoms with Crippen molar-refractivity contribution in [2.45, 2.75) is 37.8 Å². The maximum Gasteiger partial charge on any atom is 0.255 e. The number of hydrogen-bond acceptors (Lipinski definition) is 4. The van der Waals surface area contributed by atoms with Crippen molar-refractivity contribution in [1.29, 1.82) is 0 Å². The Morgan fingerprint density at radius 1 is 1.22 bits per heavy atom. The van der Waals surface area contributed by atoms with Gasteiger partial charge >= 0.3 is 0 Å². The van der Waals surface area contributed by atoms with Crippen molar-refractivity contribution in [3.05, 3.63) is 23.8 Å². The van der Waals surface area contributed by atoms with E-state index in [1.165, 1.54) is 18.2 Å². The van der Waals surface area contributed by atoms with E-state index in [0.29, 0.717) is 0 Å². The molecule has 2 rings (SSSR count). The van der Waals surface area contributed by atoms with Crippen LogP contribution in [0.5, 0.6) is 11.5 Å².